The summed E-state index contributed by atoms with van der Waals surface area (Å²) < 4.78 is 34.7. The van der Waals surface area contributed by atoms with Crippen LogP contribution in [0.2, 0.25) is 5.02 Å². The van der Waals surface area contributed by atoms with Crippen LogP contribution < -0.4 is 9.47 Å². The summed E-state index contributed by atoms with van der Waals surface area (Å²) >= 11 is 5.92. The normalized spacial score (nSPS) is 20.3. The Bertz CT molecular complexity index is 1720. The van der Waals surface area contributed by atoms with Crippen LogP contribution in [0.15, 0.2) is 60.7 Å². The second-order valence-electron chi connectivity index (χ2n) is 10.9. The molecular formula is C32H29ClFN3O5. The molecule has 8 nitrogen and oxygen atoms in total. The largest absolute Gasteiger partial charge is 0.485 e. The Morgan fingerprint density at radius 3 is 2.79 bits per heavy atom. The lowest BCUT2D eigenvalue weighted by Gasteiger charge is -2.31. The molecule has 4 aromatic rings. The number of aromatic carboxylic acids is 1. The van der Waals surface area contributed by atoms with Gasteiger partial charge in [-0.25, -0.2) is 14.2 Å². The van der Waals surface area contributed by atoms with Crippen molar-refractivity contribution in [1.29, 1.82) is 0 Å². The standard InChI is InChI=1S/C32H29ClFN3O5/c33-21-5-6-24(25(34)15-21)29-18-41-31-23(2-1-3-28(31)42-29)19-8-11-36(12-9-19)17-30-35-26-7-4-20(32(38)39)14-27(26)37(30)16-22-10-13-40-22/h1-8,14-15,22,29H,9-13,16-18H2,(H,38,39)/t22-,29?/m0/s1. The number of hydrogen-bond donors (Lipinski definition) is 1. The number of imidazole rings is 1. The molecule has 0 spiro atoms. The fraction of sp³-hybridized carbons (Fsp3) is 0.312. The summed E-state index contributed by atoms with van der Waals surface area (Å²) in [5.41, 5.74) is 4.42. The van der Waals surface area contributed by atoms with E-state index in [0.717, 1.165) is 55.0 Å². The predicted octanol–water partition coefficient (Wildman–Crippen LogP) is 6.12. The molecule has 0 amide bonds. The highest BCUT2D eigenvalue weighted by Gasteiger charge is 2.29. The van der Waals surface area contributed by atoms with Gasteiger partial charge in [0.15, 0.2) is 17.6 Å². The SMILES string of the molecule is O=C(O)c1ccc2nc(CN3CC=C(c4cccc5c4OCC(c4ccc(Cl)cc4F)O5)CC3)n(C[C@@H]3CCO3)c2c1. The van der Waals surface area contributed by atoms with E-state index in [9.17, 15) is 14.3 Å². The van der Waals surface area contributed by atoms with Gasteiger partial charge in [0.25, 0.3) is 0 Å². The van der Waals surface area contributed by atoms with Gasteiger partial charge in [0.1, 0.15) is 18.2 Å². The molecule has 1 aromatic heterocycles. The first-order valence-corrected chi connectivity index (χ1v) is 14.4. The molecule has 216 valence electrons. The molecule has 2 atom stereocenters. The van der Waals surface area contributed by atoms with E-state index in [4.69, 9.17) is 30.8 Å². The van der Waals surface area contributed by atoms with Crippen molar-refractivity contribution in [3.63, 3.8) is 0 Å². The fourth-order valence-electron chi connectivity index (χ4n) is 5.83. The molecule has 4 heterocycles. The number of aromatic nitrogens is 2. The van der Waals surface area contributed by atoms with E-state index in [1.165, 1.54) is 11.6 Å². The first kappa shape index (κ1) is 26.9. The van der Waals surface area contributed by atoms with Crippen LogP contribution in [-0.4, -0.2) is 57.9 Å². The smallest absolute Gasteiger partial charge is 0.335 e. The number of carbonyl (C=O) groups is 1. The Morgan fingerprint density at radius 1 is 1.17 bits per heavy atom. The number of para-hydroxylation sites is 1. The topological polar surface area (TPSA) is 86.0 Å². The van der Waals surface area contributed by atoms with Gasteiger partial charge in [0.05, 0.1) is 35.8 Å². The fourth-order valence-corrected chi connectivity index (χ4v) is 5.99. The Morgan fingerprint density at radius 2 is 2.05 bits per heavy atom. The minimum atomic E-state index is -0.954. The number of hydrogen-bond acceptors (Lipinski definition) is 6. The Balaban J connectivity index is 1.09. The summed E-state index contributed by atoms with van der Waals surface area (Å²) in [5.74, 6) is 0.800. The number of halogens is 2. The first-order chi connectivity index (χ1) is 20.4. The van der Waals surface area contributed by atoms with E-state index in [1.807, 2.05) is 18.2 Å². The van der Waals surface area contributed by atoms with Crippen molar-refractivity contribution in [3.05, 3.63) is 94.0 Å². The summed E-state index contributed by atoms with van der Waals surface area (Å²) in [4.78, 5) is 18.8. The van der Waals surface area contributed by atoms with Crippen molar-refractivity contribution in [3.8, 4) is 11.5 Å². The van der Waals surface area contributed by atoms with Gasteiger partial charge in [-0.1, -0.05) is 35.9 Å². The molecule has 0 aliphatic carbocycles. The average molecular weight is 590 g/mol. The quantitative estimate of drug-likeness (QED) is 0.278. The number of carboxylic acid groups (broad SMARTS) is 1. The first-order valence-electron chi connectivity index (χ1n) is 14.1. The number of benzene rings is 3. The lowest BCUT2D eigenvalue weighted by atomic mass is 9.97. The van der Waals surface area contributed by atoms with Crippen LogP contribution in [0, 0.1) is 5.82 Å². The number of rotatable bonds is 7. The molecule has 1 unspecified atom stereocenters. The molecule has 0 saturated carbocycles. The van der Waals surface area contributed by atoms with Crippen molar-refractivity contribution in [2.75, 3.05) is 26.3 Å². The van der Waals surface area contributed by atoms with E-state index in [1.54, 1.807) is 30.3 Å². The second kappa shape index (κ2) is 11.1. The number of ether oxygens (including phenoxy) is 3. The number of nitrogens with zero attached hydrogens (tertiary/aromatic N) is 3. The van der Waals surface area contributed by atoms with Crippen LogP contribution in [0.3, 0.4) is 0 Å². The van der Waals surface area contributed by atoms with Gasteiger partial charge >= 0.3 is 5.97 Å². The molecule has 3 aliphatic rings. The van der Waals surface area contributed by atoms with Gasteiger partial charge in [-0.3, -0.25) is 4.90 Å². The van der Waals surface area contributed by atoms with Crippen LogP contribution in [0.4, 0.5) is 4.39 Å². The molecule has 42 heavy (non-hydrogen) atoms. The van der Waals surface area contributed by atoms with Crippen LogP contribution in [0.1, 0.15) is 46.3 Å². The summed E-state index contributed by atoms with van der Waals surface area (Å²) in [6.45, 7) is 3.78. The van der Waals surface area contributed by atoms with E-state index < -0.39 is 17.9 Å². The molecule has 1 saturated heterocycles. The zero-order valence-corrected chi connectivity index (χ0v) is 23.5. The molecule has 1 N–H and O–H groups in total. The highest BCUT2D eigenvalue weighted by Crippen LogP contribution is 2.43. The van der Waals surface area contributed by atoms with Crippen molar-refractivity contribution in [1.82, 2.24) is 14.5 Å². The van der Waals surface area contributed by atoms with Gasteiger partial charge < -0.3 is 23.9 Å². The molecule has 3 aromatic carbocycles. The minimum absolute atomic E-state index is 0.116. The Labute approximate surface area is 246 Å². The molecule has 0 bridgehead atoms. The van der Waals surface area contributed by atoms with Gasteiger partial charge in [-0.2, -0.15) is 0 Å². The summed E-state index contributed by atoms with van der Waals surface area (Å²) in [6, 6.07) is 15.5. The van der Waals surface area contributed by atoms with Gasteiger partial charge in [0, 0.05) is 35.8 Å². The van der Waals surface area contributed by atoms with Gasteiger partial charge in [-0.15, -0.1) is 0 Å². The third-order valence-corrected chi connectivity index (χ3v) is 8.43. The van der Waals surface area contributed by atoms with Gasteiger partial charge in [0.2, 0.25) is 0 Å². The van der Waals surface area contributed by atoms with Crippen LogP contribution >= 0.6 is 11.6 Å². The minimum Gasteiger partial charge on any atom is -0.485 e. The summed E-state index contributed by atoms with van der Waals surface area (Å²) in [7, 11) is 0. The zero-order valence-electron chi connectivity index (χ0n) is 22.8. The van der Waals surface area contributed by atoms with Crippen molar-refractivity contribution < 1.29 is 28.5 Å². The zero-order chi connectivity index (χ0) is 28.8. The summed E-state index contributed by atoms with van der Waals surface area (Å²) in [5, 5.41) is 9.85. The van der Waals surface area contributed by atoms with Crippen LogP contribution in [0.25, 0.3) is 16.6 Å². The monoisotopic (exact) mass is 589 g/mol. The van der Waals surface area contributed by atoms with E-state index in [-0.39, 0.29) is 18.3 Å². The Kier molecular flexibility index (Phi) is 7.09. The molecule has 7 rings (SSSR count). The molecule has 0 radical (unpaired) electrons. The molecule has 3 aliphatic heterocycles. The van der Waals surface area contributed by atoms with E-state index in [0.29, 0.717) is 35.2 Å². The van der Waals surface area contributed by atoms with Crippen molar-refractivity contribution >= 4 is 34.2 Å². The maximum absolute atomic E-state index is 14.5. The lowest BCUT2D eigenvalue weighted by molar-refractivity contribution is -0.0591. The third-order valence-electron chi connectivity index (χ3n) is 8.19. The highest BCUT2D eigenvalue weighted by molar-refractivity contribution is 6.30. The molecular weight excluding hydrogens is 561 g/mol. The Hall–Kier alpha value is -3.92. The predicted molar refractivity (Wildman–Crippen MR) is 156 cm³/mol. The molecule has 10 heteroatoms. The number of fused-ring (bicyclic) bond motifs is 2. The van der Waals surface area contributed by atoms with E-state index in [2.05, 4.69) is 15.5 Å². The maximum Gasteiger partial charge on any atom is 0.335 e. The maximum atomic E-state index is 14.5. The highest BCUT2D eigenvalue weighted by atomic mass is 35.5. The van der Waals surface area contributed by atoms with Gasteiger partial charge in [-0.05, 0) is 54.8 Å². The van der Waals surface area contributed by atoms with E-state index >= 15 is 0 Å². The molecule has 1 fully saturated rings. The summed E-state index contributed by atoms with van der Waals surface area (Å²) in [6.07, 6.45) is 3.56. The third kappa shape index (κ3) is 5.12. The second-order valence-corrected chi connectivity index (χ2v) is 11.3. The van der Waals surface area contributed by atoms with Crippen molar-refractivity contribution in [2.45, 2.75) is 38.1 Å². The van der Waals surface area contributed by atoms with Crippen molar-refractivity contribution in [2.24, 2.45) is 0 Å². The average Bonchev–Trinajstić information content (AvgIpc) is 3.30. The number of carboxylic acids is 1. The lowest BCUT2D eigenvalue weighted by Crippen LogP contribution is -2.33. The van der Waals surface area contributed by atoms with Crippen LogP contribution in [0.5, 0.6) is 11.5 Å². The van der Waals surface area contributed by atoms with Crippen LogP contribution in [-0.2, 0) is 17.8 Å².